The van der Waals surface area contributed by atoms with Gasteiger partial charge in [-0.3, -0.25) is 9.69 Å². The van der Waals surface area contributed by atoms with E-state index in [1.165, 1.54) is 18.1 Å². The van der Waals surface area contributed by atoms with Crippen LogP contribution in [-0.4, -0.2) is 49.3 Å². The minimum absolute atomic E-state index is 0.00308. The minimum Gasteiger partial charge on any atom is -0.493 e. The maximum atomic E-state index is 11.6. The lowest BCUT2D eigenvalue weighted by Gasteiger charge is -2.43. The number of rotatable bonds is 10. The number of nitrogens with zero attached hydrogens (tertiary/aromatic N) is 1. The van der Waals surface area contributed by atoms with Crippen LogP contribution in [0.3, 0.4) is 0 Å². The monoisotopic (exact) mass is 636 g/mol. The third-order valence-electron chi connectivity index (χ3n) is 9.40. The lowest BCUT2D eigenvalue weighted by atomic mass is 9.89. The van der Waals surface area contributed by atoms with E-state index in [4.69, 9.17) is 18.9 Å². The summed E-state index contributed by atoms with van der Waals surface area (Å²) in [6, 6.07) is 28.7. The van der Waals surface area contributed by atoms with Crippen molar-refractivity contribution in [3.63, 3.8) is 0 Å². The van der Waals surface area contributed by atoms with E-state index in [-0.39, 0.29) is 30.6 Å². The summed E-state index contributed by atoms with van der Waals surface area (Å²) in [5.74, 6) is 1.54. The number of fused-ring (bicyclic) bond motifs is 1. The molecule has 2 aliphatic heterocycles. The molecule has 6 rings (SSSR count). The second-order valence-electron chi connectivity index (χ2n) is 12.5. The summed E-state index contributed by atoms with van der Waals surface area (Å²) in [5, 5.41) is 12.5. The number of aliphatic hydroxyl groups excluding tert-OH is 1. The number of methoxy groups -OCH3 is 2. The van der Waals surface area contributed by atoms with Gasteiger partial charge in [-0.25, -0.2) is 0 Å². The first kappa shape index (κ1) is 32.7. The van der Waals surface area contributed by atoms with E-state index in [1.54, 1.807) is 14.2 Å². The molecule has 2 N–H and O–H groups in total. The van der Waals surface area contributed by atoms with Crippen LogP contribution in [0.1, 0.15) is 59.6 Å². The van der Waals surface area contributed by atoms with Crippen molar-refractivity contribution in [1.82, 2.24) is 10.2 Å². The molecule has 0 spiro atoms. The van der Waals surface area contributed by atoms with Crippen molar-refractivity contribution in [3.05, 3.63) is 118 Å². The number of hydrogen-bond acceptors (Lipinski definition) is 7. The quantitative estimate of drug-likeness (QED) is 0.210. The fraction of sp³-hybridized carbons (Fsp3) is 0.359. The molecule has 8 heteroatoms. The predicted octanol–water partition coefficient (Wildman–Crippen LogP) is 6.35. The summed E-state index contributed by atoms with van der Waals surface area (Å²) in [6.45, 7) is 6.69. The maximum Gasteiger partial charge on any atom is 0.217 e. The zero-order chi connectivity index (χ0) is 32.9. The number of benzene rings is 4. The number of aliphatic hydroxyl groups is 1. The lowest BCUT2D eigenvalue weighted by molar-refractivity contribution is -0.276. The standard InChI is InChI=1S/C39H44N2O6/c1-25-37(23-41-18-17-31-19-35(44-3)36(45-4)20-33(31)22-41)46-39(47-38(25)29-11-9-27(24-42)10-12-29)30-15-13-28(14-16-30)34-8-6-5-7-32(34)21-40-26(2)43/h5-16,19-20,25,37-39,42H,17-18,21-24H2,1-4H3,(H,40,43)/t25-,37+,38+,39+/m1/s1. The van der Waals surface area contributed by atoms with Crippen LogP contribution in [-0.2, 0) is 40.4 Å². The molecule has 2 aliphatic rings. The Hall–Kier alpha value is -4.21. The molecule has 1 fully saturated rings. The molecule has 4 aromatic carbocycles. The normalized spacial score (nSPS) is 21.1. The SMILES string of the molecule is COc1cc2c(cc1OC)CN(C[C@@H]1O[C@H](c3ccc(-c4ccccc4CNC(C)=O)cc3)O[C@H](c3ccc(CO)cc3)[C@@H]1C)CC2. The number of carbonyl (C=O) groups excluding carboxylic acids is 1. The number of amides is 1. The summed E-state index contributed by atoms with van der Waals surface area (Å²) in [4.78, 5) is 14.0. The zero-order valence-electron chi connectivity index (χ0n) is 27.6. The molecule has 4 aromatic rings. The Labute approximate surface area is 277 Å². The average molecular weight is 637 g/mol. The number of nitrogens with one attached hydrogen (secondary N) is 1. The van der Waals surface area contributed by atoms with E-state index in [2.05, 4.69) is 71.7 Å². The highest BCUT2D eigenvalue weighted by Crippen LogP contribution is 2.43. The highest BCUT2D eigenvalue weighted by Gasteiger charge is 2.39. The molecule has 8 nitrogen and oxygen atoms in total. The Kier molecular flexibility index (Phi) is 10.2. The summed E-state index contributed by atoms with van der Waals surface area (Å²) in [7, 11) is 3.35. The van der Waals surface area contributed by atoms with Crippen molar-refractivity contribution in [2.24, 2.45) is 5.92 Å². The minimum atomic E-state index is -0.552. The molecular weight excluding hydrogens is 592 g/mol. The van der Waals surface area contributed by atoms with Crippen LogP contribution in [0.15, 0.2) is 84.9 Å². The first-order chi connectivity index (χ1) is 22.9. The molecule has 1 saturated heterocycles. The van der Waals surface area contributed by atoms with Gasteiger partial charge in [0.15, 0.2) is 17.8 Å². The maximum absolute atomic E-state index is 11.6. The van der Waals surface area contributed by atoms with Gasteiger partial charge in [-0.05, 0) is 57.5 Å². The van der Waals surface area contributed by atoms with Crippen LogP contribution in [0.5, 0.6) is 11.5 Å². The number of ether oxygens (including phenoxy) is 4. The number of carbonyl (C=O) groups is 1. The third-order valence-corrected chi connectivity index (χ3v) is 9.40. The van der Waals surface area contributed by atoms with Crippen molar-refractivity contribution in [3.8, 4) is 22.6 Å². The topological polar surface area (TPSA) is 89.5 Å². The van der Waals surface area contributed by atoms with Gasteiger partial charge in [0.05, 0.1) is 33.0 Å². The van der Waals surface area contributed by atoms with Gasteiger partial charge in [-0.15, -0.1) is 0 Å². The highest BCUT2D eigenvalue weighted by molar-refractivity contribution is 5.74. The van der Waals surface area contributed by atoms with Crippen LogP contribution < -0.4 is 14.8 Å². The first-order valence-electron chi connectivity index (χ1n) is 16.3. The van der Waals surface area contributed by atoms with Gasteiger partial charge in [-0.2, -0.15) is 0 Å². The Bertz CT molecular complexity index is 1670. The molecule has 1 amide bonds. The first-order valence-corrected chi connectivity index (χ1v) is 16.3. The van der Waals surface area contributed by atoms with E-state index in [0.717, 1.165) is 70.9 Å². The molecule has 0 radical (unpaired) electrons. The summed E-state index contributed by atoms with van der Waals surface area (Å²) in [5.41, 5.74) is 8.61. The van der Waals surface area contributed by atoms with E-state index in [9.17, 15) is 9.90 Å². The average Bonchev–Trinajstić information content (AvgIpc) is 3.11. The molecule has 0 unspecified atom stereocenters. The molecule has 0 aromatic heterocycles. The van der Waals surface area contributed by atoms with Gasteiger partial charge in [0.2, 0.25) is 5.91 Å². The van der Waals surface area contributed by atoms with Gasteiger partial charge in [0.25, 0.3) is 0 Å². The molecular formula is C39H44N2O6. The van der Waals surface area contributed by atoms with E-state index in [0.29, 0.717) is 6.54 Å². The van der Waals surface area contributed by atoms with Crippen molar-refractivity contribution < 1.29 is 28.8 Å². The van der Waals surface area contributed by atoms with E-state index in [1.807, 2.05) is 30.3 Å². The second kappa shape index (κ2) is 14.7. The lowest BCUT2D eigenvalue weighted by Crippen LogP contribution is -2.45. The molecule has 0 bridgehead atoms. The van der Waals surface area contributed by atoms with Crippen molar-refractivity contribution >= 4 is 5.91 Å². The van der Waals surface area contributed by atoms with Crippen LogP contribution in [0.4, 0.5) is 0 Å². The Morgan fingerprint density at radius 2 is 1.60 bits per heavy atom. The smallest absolute Gasteiger partial charge is 0.217 e. The van der Waals surface area contributed by atoms with Gasteiger partial charge in [0.1, 0.15) is 0 Å². The Balaban J connectivity index is 1.25. The predicted molar refractivity (Wildman–Crippen MR) is 181 cm³/mol. The van der Waals surface area contributed by atoms with Gasteiger partial charge in [-0.1, -0.05) is 79.7 Å². The largest absolute Gasteiger partial charge is 0.493 e. The summed E-state index contributed by atoms with van der Waals surface area (Å²) < 4.78 is 24.7. The summed E-state index contributed by atoms with van der Waals surface area (Å²) in [6.07, 6.45) is 0.0963. The fourth-order valence-corrected chi connectivity index (χ4v) is 6.68. The van der Waals surface area contributed by atoms with E-state index >= 15 is 0 Å². The molecule has 2 heterocycles. The number of hydrogen-bond donors (Lipinski definition) is 2. The molecule has 0 aliphatic carbocycles. The van der Waals surface area contributed by atoms with Gasteiger partial charge >= 0.3 is 0 Å². The van der Waals surface area contributed by atoms with Crippen LogP contribution in [0, 0.1) is 5.92 Å². The molecule has 4 atom stereocenters. The van der Waals surface area contributed by atoms with Crippen LogP contribution in [0.25, 0.3) is 11.1 Å². The van der Waals surface area contributed by atoms with Crippen molar-refractivity contribution in [2.45, 2.75) is 58.5 Å². The fourth-order valence-electron chi connectivity index (χ4n) is 6.68. The van der Waals surface area contributed by atoms with Gasteiger partial charge in [0, 0.05) is 44.6 Å². The molecule has 0 saturated carbocycles. The Morgan fingerprint density at radius 3 is 2.28 bits per heavy atom. The Morgan fingerprint density at radius 1 is 0.915 bits per heavy atom. The third kappa shape index (κ3) is 7.36. The zero-order valence-corrected chi connectivity index (χ0v) is 27.6. The molecule has 47 heavy (non-hydrogen) atoms. The van der Waals surface area contributed by atoms with Crippen LogP contribution in [0.2, 0.25) is 0 Å². The van der Waals surface area contributed by atoms with Gasteiger partial charge < -0.3 is 29.4 Å². The van der Waals surface area contributed by atoms with Crippen molar-refractivity contribution in [2.75, 3.05) is 27.3 Å². The molecule has 246 valence electrons. The van der Waals surface area contributed by atoms with Crippen LogP contribution >= 0.6 is 0 Å². The highest BCUT2D eigenvalue weighted by atomic mass is 16.7. The van der Waals surface area contributed by atoms with E-state index < -0.39 is 6.29 Å². The van der Waals surface area contributed by atoms with Crippen molar-refractivity contribution in [1.29, 1.82) is 0 Å². The second-order valence-corrected chi connectivity index (χ2v) is 12.5. The summed E-state index contributed by atoms with van der Waals surface area (Å²) >= 11 is 0.